The molecule has 0 bridgehead atoms. The summed E-state index contributed by atoms with van der Waals surface area (Å²) in [7, 11) is 0. The number of nitrogens with zero attached hydrogens (tertiary/aromatic N) is 2. The van der Waals surface area contributed by atoms with Gasteiger partial charge in [-0.05, 0) is 67.3 Å². The normalized spacial score (nSPS) is 16.8. The molecule has 0 aliphatic carbocycles. The fourth-order valence-corrected chi connectivity index (χ4v) is 5.46. The van der Waals surface area contributed by atoms with Gasteiger partial charge in [-0.15, -0.1) is 0 Å². The number of pyridine rings is 2. The van der Waals surface area contributed by atoms with Gasteiger partial charge in [0.1, 0.15) is 36.2 Å². The van der Waals surface area contributed by atoms with Crippen molar-refractivity contribution >= 4 is 23.4 Å². The number of ether oxygens (including phenoxy) is 2. The van der Waals surface area contributed by atoms with Crippen molar-refractivity contribution in [1.29, 1.82) is 0 Å². The lowest BCUT2D eigenvalue weighted by Gasteiger charge is -2.31. The Labute approximate surface area is 269 Å². The van der Waals surface area contributed by atoms with Crippen LogP contribution in [-0.4, -0.2) is 59.9 Å². The lowest BCUT2D eigenvalue weighted by atomic mass is 9.84. The fraction of sp³-hybridized carbons (Fsp3) is 0.294. The van der Waals surface area contributed by atoms with E-state index >= 15 is 4.39 Å². The minimum Gasteiger partial charge on any atom is -0.446 e. The molecule has 3 atom stereocenters. The molecule has 0 unspecified atom stereocenters. The second-order valence-electron chi connectivity index (χ2n) is 11.2. The first kappa shape index (κ1) is 33.4. The van der Waals surface area contributed by atoms with Crippen LogP contribution in [-0.2, 0) is 20.7 Å². The summed E-state index contributed by atoms with van der Waals surface area (Å²) >= 11 is 0. The molecule has 2 aromatic heterocycles. The Kier molecular flexibility index (Phi) is 11.0. The lowest BCUT2D eigenvalue weighted by molar-refractivity contribution is -0.119. The third-order valence-corrected chi connectivity index (χ3v) is 7.82. The SMILES string of the molecule is Cc1ccc(NC(=O)OC[C@@H]2CNC[C@@H](CCc3c(F)cncc3N[C@H](C(N)=O)C(c3ccc(F)cc3)c3ccc(F)cc3)O2)cn1. The van der Waals surface area contributed by atoms with Gasteiger partial charge in [0.2, 0.25) is 5.91 Å². The molecular formula is C34H35F3N6O4. The molecule has 0 saturated carbocycles. The average molecular weight is 649 g/mol. The van der Waals surface area contributed by atoms with Gasteiger partial charge in [0, 0.05) is 30.3 Å². The van der Waals surface area contributed by atoms with Crippen molar-refractivity contribution in [2.24, 2.45) is 5.73 Å². The van der Waals surface area contributed by atoms with Crippen LogP contribution >= 0.6 is 0 Å². The molecule has 13 heteroatoms. The molecule has 4 aromatic rings. The number of nitrogens with two attached hydrogens (primary N) is 1. The van der Waals surface area contributed by atoms with E-state index in [-0.39, 0.29) is 30.4 Å². The van der Waals surface area contributed by atoms with Crippen LogP contribution in [0.1, 0.15) is 34.7 Å². The van der Waals surface area contributed by atoms with E-state index in [9.17, 15) is 18.4 Å². The number of benzene rings is 2. The number of aromatic nitrogens is 2. The first-order valence-corrected chi connectivity index (χ1v) is 15.1. The molecule has 0 radical (unpaired) electrons. The zero-order valence-corrected chi connectivity index (χ0v) is 25.6. The van der Waals surface area contributed by atoms with E-state index in [0.29, 0.717) is 36.3 Å². The van der Waals surface area contributed by atoms with Crippen molar-refractivity contribution in [2.45, 2.75) is 43.9 Å². The van der Waals surface area contributed by atoms with Gasteiger partial charge in [0.25, 0.3) is 0 Å². The summed E-state index contributed by atoms with van der Waals surface area (Å²) in [5.74, 6) is -3.06. The fourth-order valence-electron chi connectivity index (χ4n) is 5.46. The number of morpholine rings is 1. The average Bonchev–Trinajstić information content (AvgIpc) is 3.06. The van der Waals surface area contributed by atoms with Crippen LogP contribution < -0.4 is 21.7 Å². The largest absolute Gasteiger partial charge is 0.446 e. The van der Waals surface area contributed by atoms with Crippen molar-refractivity contribution in [3.63, 3.8) is 0 Å². The molecule has 5 N–H and O–H groups in total. The van der Waals surface area contributed by atoms with Gasteiger partial charge >= 0.3 is 6.09 Å². The number of aryl methyl sites for hydroxylation is 1. The van der Waals surface area contributed by atoms with Crippen LogP contribution in [0.4, 0.5) is 29.3 Å². The molecule has 3 heterocycles. The third kappa shape index (κ3) is 9.05. The Morgan fingerprint density at radius 1 is 0.957 bits per heavy atom. The minimum atomic E-state index is -1.13. The number of hydrogen-bond acceptors (Lipinski definition) is 8. The van der Waals surface area contributed by atoms with Crippen molar-refractivity contribution in [3.8, 4) is 0 Å². The van der Waals surface area contributed by atoms with E-state index in [2.05, 4.69) is 25.9 Å². The number of nitrogens with one attached hydrogen (secondary N) is 3. The maximum absolute atomic E-state index is 15.3. The highest BCUT2D eigenvalue weighted by molar-refractivity contribution is 5.85. The van der Waals surface area contributed by atoms with Crippen molar-refractivity contribution < 1.29 is 32.2 Å². The van der Waals surface area contributed by atoms with E-state index in [4.69, 9.17) is 15.2 Å². The quantitative estimate of drug-likeness (QED) is 0.171. The van der Waals surface area contributed by atoms with Gasteiger partial charge in [-0.25, -0.2) is 18.0 Å². The molecule has 246 valence electrons. The molecule has 1 saturated heterocycles. The highest BCUT2D eigenvalue weighted by Crippen LogP contribution is 2.32. The molecule has 2 aromatic carbocycles. The van der Waals surface area contributed by atoms with E-state index < -0.39 is 47.5 Å². The van der Waals surface area contributed by atoms with Crippen molar-refractivity contribution in [3.05, 3.63) is 119 Å². The van der Waals surface area contributed by atoms with Crippen LogP contribution in [0.25, 0.3) is 0 Å². The molecule has 1 fully saturated rings. The van der Waals surface area contributed by atoms with Gasteiger partial charge in [-0.2, -0.15) is 0 Å². The Morgan fingerprint density at radius 3 is 2.23 bits per heavy atom. The summed E-state index contributed by atoms with van der Waals surface area (Å²) in [5, 5.41) is 8.95. The number of halogens is 3. The summed E-state index contributed by atoms with van der Waals surface area (Å²) in [4.78, 5) is 33.3. The van der Waals surface area contributed by atoms with Crippen LogP contribution in [0.5, 0.6) is 0 Å². The van der Waals surface area contributed by atoms with Gasteiger partial charge in [-0.3, -0.25) is 20.1 Å². The number of primary amides is 1. The Morgan fingerprint density at radius 2 is 1.62 bits per heavy atom. The highest BCUT2D eigenvalue weighted by atomic mass is 19.1. The number of amides is 2. The predicted molar refractivity (Wildman–Crippen MR) is 169 cm³/mol. The predicted octanol–water partition coefficient (Wildman–Crippen LogP) is 4.84. The summed E-state index contributed by atoms with van der Waals surface area (Å²) in [6, 6.07) is 13.4. The van der Waals surface area contributed by atoms with Crippen LogP contribution in [0.15, 0.2) is 79.3 Å². The van der Waals surface area contributed by atoms with E-state index in [1.54, 1.807) is 12.1 Å². The first-order valence-electron chi connectivity index (χ1n) is 15.1. The van der Waals surface area contributed by atoms with Gasteiger partial charge in [0.05, 0.1) is 36.1 Å². The maximum Gasteiger partial charge on any atom is 0.411 e. The maximum atomic E-state index is 15.3. The molecule has 10 nitrogen and oxygen atoms in total. The lowest BCUT2D eigenvalue weighted by Crippen LogP contribution is -2.47. The second kappa shape index (κ2) is 15.5. The number of carbonyl (C=O) groups is 2. The Hall–Kier alpha value is -5.01. The number of rotatable bonds is 12. The van der Waals surface area contributed by atoms with Crippen LogP contribution in [0.2, 0.25) is 0 Å². The number of anilines is 2. The number of hydrogen-bond donors (Lipinski definition) is 4. The minimum absolute atomic E-state index is 0.000498. The Balaban J connectivity index is 1.26. The van der Waals surface area contributed by atoms with Gasteiger partial charge < -0.3 is 25.8 Å². The monoisotopic (exact) mass is 648 g/mol. The van der Waals surface area contributed by atoms with E-state index in [0.717, 1.165) is 11.9 Å². The van der Waals surface area contributed by atoms with E-state index in [1.807, 2.05) is 6.92 Å². The number of carbonyl (C=O) groups excluding carboxylic acids is 2. The summed E-state index contributed by atoms with van der Waals surface area (Å²) < 4.78 is 54.3. The van der Waals surface area contributed by atoms with E-state index in [1.165, 1.54) is 60.9 Å². The van der Waals surface area contributed by atoms with Crippen LogP contribution in [0.3, 0.4) is 0 Å². The summed E-state index contributed by atoms with van der Waals surface area (Å²) in [5.41, 5.74) is 8.79. The highest BCUT2D eigenvalue weighted by Gasteiger charge is 2.31. The topological polar surface area (TPSA) is 140 Å². The van der Waals surface area contributed by atoms with Crippen molar-refractivity contribution in [2.75, 3.05) is 30.3 Å². The second-order valence-corrected chi connectivity index (χ2v) is 11.2. The molecule has 5 rings (SSSR count). The third-order valence-electron chi connectivity index (χ3n) is 7.82. The van der Waals surface area contributed by atoms with Gasteiger partial charge in [0.15, 0.2) is 0 Å². The molecule has 47 heavy (non-hydrogen) atoms. The van der Waals surface area contributed by atoms with Gasteiger partial charge in [-0.1, -0.05) is 24.3 Å². The molecule has 0 spiro atoms. The molecule has 1 aliphatic heterocycles. The summed E-state index contributed by atoms with van der Waals surface area (Å²) in [6.07, 6.45) is 3.21. The first-order chi connectivity index (χ1) is 22.7. The zero-order valence-electron chi connectivity index (χ0n) is 25.6. The standard InChI is InChI=1S/C34H35F3N6O4/c1-20-2-11-25(14-41-20)42-34(45)46-19-27-16-39-15-26(47-27)12-13-28-29(37)17-40-18-30(28)43-32(33(38)44)31(21-3-7-23(35)8-4-21)22-5-9-24(36)10-6-22/h2-11,14,17-18,26-27,31-32,39,43H,12-13,15-16,19H2,1H3,(H2,38,44)(H,42,45)/t26-,27+,32+/m1/s1. The molecular weight excluding hydrogens is 613 g/mol. The summed E-state index contributed by atoms with van der Waals surface area (Å²) in [6.45, 7) is 2.79. The van der Waals surface area contributed by atoms with Crippen LogP contribution in [0, 0.1) is 24.4 Å². The smallest absolute Gasteiger partial charge is 0.411 e. The Bertz CT molecular complexity index is 1610. The molecule has 1 aliphatic rings. The molecule has 2 amide bonds. The zero-order chi connectivity index (χ0) is 33.3. The van der Waals surface area contributed by atoms with Crippen molar-refractivity contribution in [1.82, 2.24) is 15.3 Å².